The zero-order valence-corrected chi connectivity index (χ0v) is 11.1. The number of hydrogen-bond donors (Lipinski definition) is 1. The van der Waals surface area contributed by atoms with Gasteiger partial charge in [-0.05, 0) is 26.0 Å². The van der Waals surface area contributed by atoms with Gasteiger partial charge in [-0.15, -0.1) is 0 Å². The van der Waals surface area contributed by atoms with E-state index >= 15 is 0 Å². The van der Waals surface area contributed by atoms with E-state index in [4.69, 9.17) is 16.3 Å². The van der Waals surface area contributed by atoms with Crippen molar-refractivity contribution in [2.45, 2.75) is 26.1 Å². The number of ether oxygens (including phenoxy) is 1. The van der Waals surface area contributed by atoms with Crippen LogP contribution < -0.4 is 5.32 Å². The fourth-order valence-electron chi connectivity index (χ4n) is 1.41. The monoisotopic (exact) mass is 295 g/mol. The third kappa shape index (κ3) is 4.63. The fourth-order valence-corrected chi connectivity index (χ4v) is 1.65. The minimum absolute atomic E-state index is 0.104. The van der Waals surface area contributed by atoms with E-state index in [2.05, 4.69) is 5.32 Å². The smallest absolute Gasteiger partial charge is 0.418 e. The molecular formula is C12H13ClF3NO2. The molecule has 1 N–H and O–H groups in total. The predicted molar refractivity (Wildman–Crippen MR) is 66.2 cm³/mol. The largest absolute Gasteiger partial charge is 0.462 e. The second-order valence-electron chi connectivity index (χ2n) is 4.05. The molecule has 0 radical (unpaired) electrons. The Bertz CT molecular complexity index is 461. The van der Waals surface area contributed by atoms with Crippen molar-refractivity contribution < 1.29 is 22.7 Å². The van der Waals surface area contributed by atoms with E-state index < -0.39 is 17.7 Å². The van der Waals surface area contributed by atoms with E-state index in [9.17, 15) is 18.0 Å². The van der Waals surface area contributed by atoms with Gasteiger partial charge in [0.1, 0.15) is 6.54 Å². The van der Waals surface area contributed by atoms with Gasteiger partial charge in [-0.3, -0.25) is 4.79 Å². The Morgan fingerprint density at radius 1 is 1.42 bits per heavy atom. The highest BCUT2D eigenvalue weighted by atomic mass is 35.5. The molecule has 0 spiro atoms. The molecule has 0 aromatic heterocycles. The molecule has 0 aliphatic rings. The molecule has 7 heteroatoms. The number of hydrogen-bond acceptors (Lipinski definition) is 3. The Kier molecular flexibility index (Phi) is 5.05. The lowest BCUT2D eigenvalue weighted by molar-refractivity contribution is -0.145. The number of halogens is 4. The van der Waals surface area contributed by atoms with Crippen LogP contribution in [0, 0.1) is 0 Å². The number of alkyl halides is 3. The van der Waals surface area contributed by atoms with Gasteiger partial charge in [0.25, 0.3) is 0 Å². The van der Waals surface area contributed by atoms with Crippen molar-refractivity contribution in [2.75, 3.05) is 11.9 Å². The Morgan fingerprint density at radius 2 is 2.05 bits per heavy atom. The first kappa shape index (κ1) is 15.6. The van der Waals surface area contributed by atoms with E-state index in [1.807, 2.05) is 0 Å². The Labute approximate surface area is 113 Å². The Balaban J connectivity index is 2.86. The summed E-state index contributed by atoms with van der Waals surface area (Å²) < 4.78 is 43.1. The number of nitrogens with one attached hydrogen (secondary N) is 1. The predicted octanol–water partition coefficient (Wildman–Crippen LogP) is 3.72. The molecule has 0 fully saturated rings. The van der Waals surface area contributed by atoms with Crippen LogP contribution in [0.4, 0.5) is 18.9 Å². The first-order chi connectivity index (χ1) is 8.71. The number of carbonyl (C=O) groups excluding carboxylic acids is 1. The summed E-state index contributed by atoms with van der Waals surface area (Å²) in [6.07, 6.45) is -4.88. The molecule has 19 heavy (non-hydrogen) atoms. The summed E-state index contributed by atoms with van der Waals surface area (Å²) in [4.78, 5) is 11.3. The zero-order chi connectivity index (χ0) is 14.6. The van der Waals surface area contributed by atoms with Crippen molar-refractivity contribution in [3.05, 3.63) is 28.8 Å². The van der Waals surface area contributed by atoms with Crippen molar-refractivity contribution in [3.63, 3.8) is 0 Å². The normalized spacial score (nSPS) is 11.5. The molecule has 0 unspecified atom stereocenters. The molecule has 1 rings (SSSR count). The summed E-state index contributed by atoms with van der Waals surface area (Å²) in [5, 5.41) is 2.26. The highest BCUT2D eigenvalue weighted by molar-refractivity contribution is 6.33. The minimum Gasteiger partial charge on any atom is -0.462 e. The van der Waals surface area contributed by atoms with Gasteiger partial charge in [0.15, 0.2) is 0 Å². The van der Waals surface area contributed by atoms with Gasteiger partial charge in [0.05, 0.1) is 22.4 Å². The van der Waals surface area contributed by atoms with E-state index in [1.165, 1.54) is 12.1 Å². The summed E-state index contributed by atoms with van der Waals surface area (Å²) in [6, 6.07) is 3.40. The molecule has 3 nitrogen and oxygen atoms in total. The molecule has 106 valence electrons. The lowest BCUT2D eigenvalue weighted by atomic mass is 10.1. The minimum atomic E-state index is -4.55. The quantitative estimate of drug-likeness (QED) is 0.860. The first-order valence-corrected chi connectivity index (χ1v) is 5.88. The van der Waals surface area contributed by atoms with Crippen LogP contribution in [-0.2, 0) is 15.7 Å². The van der Waals surface area contributed by atoms with Crippen molar-refractivity contribution in [2.24, 2.45) is 0 Å². The van der Waals surface area contributed by atoms with Crippen LogP contribution >= 0.6 is 11.6 Å². The first-order valence-electron chi connectivity index (χ1n) is 5.51. The maximum Gasteiger partial charge on any atom is 0.418 e. The van der Waals surface area contributed by atoms with Crippen LogP contribution in [0.2, 0.25) is 5.02 Å². The van der Waals surface area contributed by atoms with Crippen LogP contribution in [0.15, 0.2) is 18.2 Å². The molecule has 1 aromatic carbocycles. The standard InChI is InChI=1S/C12H13ClF3NO2/c1-7(2)19-10(18)6-17-11-8(12(14,15)16)4-3-5-9(11)13/h3-5,7,17H,6H2,1-2H3. The van der Waals surface area contributed by atoms with E-state index in [-0.39, 0.29) is 23.4 Å². The van der Waals surface area contributed by atoms with Gasteiger partial charge >= 0.3 is 12.1 Å². The Morgan fingerprint density at radius 3 is 2.58 bits per heavy atom. The van der Waals surface area contributed by atoms with Gasteiger partial charge in [-0.25, -0.2) is 0 Å². The average molecular weight is 296 g/mol. The van der Waals surface area contributed by atoms with Crippen LogP contribution in [0.25, 0.3) is 0 Å². The molecule has 0 amide bonds. The van der Waals surface area contributed by atoms with Crippen molar-refractivity contribution in [1.82, 2.24) is 0 Å². The Hall–Kier alpha value is -1.43. The van der Waals surface area contributed by atoms with E-state index in [0.717, 1.165) is 6.07 Å². The van der Waals surface area contributed by atoms with Gasteiger partial charge in [-0.1, -0.05) is 17.7 Å². The second-order valence-corrected chi connectivity index (χ2v) is 4.46. The van der Waals surface area contributed by atoms with Crippen molar-refractivity contribution in [3.8, 4) is 0 Å². The van der Waals surface area contributed by atoms with Crippen LogP contribution in [0.1, 0.15) is 19.4 Å². The lowest BCUT2D eigenvalue weighted by Crippen LogP contribution is -2.22. The number of anilines is 1. The van der Waals surface area contributed by atoms with Gasteiger partial charge in [0.2, 0.25) is 0 Å². The van der Waals surface area contributed by atoms with Crippen LogP contribution in [0.3, 0.4) is 0 Å². The number of rotatable bonds is 4. The highest BCUT2D eigenvalue weighted by Crippen LogP contribution is 2.38. The van der Waals surface area contributed by atoms with Crippen molar-refractivity contribution in [1.29, 1.82) is 0 Å². The van der Waals surface area contributed by atoms with Gasteiger partial charge in [0, 0.05) is 0 Å². The lowest BCUT2D eigenvalue weighted by Gasteiger charge is -2.16. The molecular weight excluding hydrogens is 283 g/mol. The van der Waals surface area contributed by atoms with Gasteiger partial charge in [-0.2, -0.15) is 13.2 Å². The van der Waals surface area contributed by atoms with Crippen LogP contribution in [-0.4, -0.2) is 18.6 Å². The summed E-state index contributed by atoms with van der Waals surface area (Å²) in [7, 11) is 0. The second kappa shape index (κ2) is 6.14. The summed E-state index contributed by atoms with van der Waals surface area (Å²) in [6.45, 7) is 2.91. The molecule has 0 saturated heterocycles. The highest BCUT2D eigenvalue weighted by Gasteiger charge is 2.34. The summed E-state index contributed by atoms with van der Waals surface area (Å²) in [5.74, 6) is -0.650. The van der Waals surface area contributed by atoms with E-state index in [0.29, 0.717) is 0 Å². The molecule has 0 atom stereocenters. The number of esters is 1. The third-order valence-electron chi connectivity index (χ3n) is 2.10. The summed E-state index contributed by atoms with van der Waals surface area (Å²) >= 11 is 5.71. The molecule has 0 heterocycles. The van der Waals surface area contributed by atoms with Gasteiger partial charge < -0.3 is 10.1 Å². The van der Waals surface area contributed by atoms with E-state index in [1.54, 1.807) is 13.8 Å². The summed E-state index contributed by atoms with van der Waals surface area (Å²) in [5.41, 5.74) is -1.24. The number of benzene rings is 1. The molecule has 0 aliphatic carbocycles. The maximum atomic E-state index is 12.7. The molecule has 0 saturated carbocycles. The zero-order valence-electron chi connectivity index (χ0n) is 10.3. The maximum absolute atomic E-state index is 12.7. The SMILES string of the molecule is CC(C)OC(=O)CNc1c(Cl)cccc1C(F)(F)F. The number of para-hydroxylation sites is 1. The van der Waals surface area contributed by atoms with Crippen molar-refractivity contribution >= 4 is 23.3 Å². The van der Waals surface area contributed by atoms with Crippen LogP contribution in [0.5, 0.6) is 0 Å². The third-order valence-corrected chi connectivity index (χ3v) is 2.41. The molecule has 0 bridgehead atoms. The molecule has 1 aromatic rings. The topological polar surface area (TPSA) is 38.3 Å². The molecule has 0 aliphatic heterocycles. The fraction of sp³-hybridized carbons (Fsp3) is 0.417. The average Bonchev–Trinajstić information content (AvgIpc) is 2.24. The number of carbonyl (C=O) groups is 1.